The van der Waals surface area contributed by atoms with Gasteiger partial charge >= 0.3 is 0 Å². The van der Waals surface area contributed by atoms with E-state index in [1.54, 1.807) is 31.2 Å². The molecule has 0 aliphatic heterocycles. The van der Waals surface area contributed by atoms with Gasteiger partial charge in [-0.05, 0) is 49.7 Å². The van der Waals surface area contributed by atoms with E-state index in [-0.39, 0.29) is 18.1 Å². The lowest BCUT2D eigenvalue weighted by molar-refractivity contribution is -0.117. The molecule has 2 amide bonds. The molecule has 0 atom stereocenters. The van der Waals surface area contributed by atoms with E-state index in [0.29, 0.717) is 27.1 Å². The first-order chi connectivity index (χ1) is 13.3. The van der Waals surface area contributed by atoms with Gasteiger partial charge in [0.05, 0.1) is 5.69 Å². The lowest BCUT2D eigenvalue weighted by Gasteiger charge is -2.07. The van der Waals surface area contributed by atoms with Crippen LogP contribution >= 0.6 is 23.2 Å². The van der Waals surface area contributed by atoms with Crippen LogP contribution in [0.4, 0.5) is 11.4 Å². The normalized spacial score (nSPS) is 10.6. The number of amides is 2. The fourth-order valence-electron chi connectivity index (χ4n) is 2.60. The molecule has 144 valence electrons. The third-order valence-electron chi connectivity index (χ3n) is 3.91. The van der Waals surface area contributed by atoms with Crippen molar-refractivity contribution in [3.8, 4) is 0 Å². The summed E-state index contributed by atoms with van der Waals surface area (Å²) in [4.78, 5) is 24.7. The molecular formula is C19H17Cl2N5O2. The van der Waals surface area contributed by atoms with Crippen LogP contribution < -0.4 is 10.6 Å². The summed E-state index contributed by atoms with van der Waals surface area (Å²) in [7, 11) is 0. The van der Waals surface area contributed by atoms with E-state index in [1.807, 2.05) is 25.1 Å². The first-order valence-corrected chi connectivity index (χ1v) is 9.11. The van der Waals surface area contributed by atoms with E-state index in [0.717, 1.165) is 5.56 Å². The Hall–Kier alpha value is -2.90. The lowest BCUT2D eigenvalue weighted by atomic mass is 10.2. The number of rotatable bonds is 5. The summed E-state index contributed by atoms with van der Waals surface area (Å²) in [5.74, 6) is -0.742. The summed E-state index contributed by atoms with van der Waals surface area (Å²) >= 11 is 11.9. The van der Waals surface area contributed by atoms with Gasteiger partial charge in [-0.1, -0.05) is 40.5 Å². The van der Waals surface area contributed by atoms with Gasteiger partial charge in [0, 0.05) is 21.4 Å². The molecular weight excluding hydrogens is 401 g/mol. The van der Waals surface area contributed by atoms with Gasteiger partial charge in [0.15, 0.2) is 5.69 Å². The standard InChI is InChI=1S/C19H17Cl2N5O2/c1-11-4-3-5-15(6-11)22-17(27)10-26-12(2)18(24-25-26)19(28)23-16-8-13(20)7-14(21)9-16/h3-9H,10H2,1-2H3,(H,22,27)(H,23,28). The average molecular weight is 418 g/mol. The third-order valence-corrected chi connectivity index (χ3v) is 4.35. The summed E-state index contributed by atoms with van der Waals surface area (Å²) < 4.78 is 1.37. The second-order valence-corrected chi connectivity index (χ2v) is 7.08. The summed E-state index contributed by atoms with van der Waals surface area (Å²) in [5.41, 5.74) is 2.74. The largest absolute Gasteiger partial charge is 0.324 e. The topological polar surface area (TPSA) is 88.9 Å². The van der Waals surface area contributed by atoms with Crippen LogP contribution in [0.25, 0.3) is 0 Å². The van der Waals surface area contributed by atoms with Crippen molar-refractivity contribution in [2.45, 2.75) is 20.4 Å². The maximum absolute atomic E-state index is 12.5. The van der Waals surface area contributed by atoms with Crippen LogP contribution in [-0.4, -0.2) is 26.8 Å². The second kappa shape index (κ2) is 8.41. The maximum Gasteiger partial charge on any atom is 0.278 e. The fourth-order valence-corrected chi connectivity index (χ4v) is 3.12. The van der Waals surface area contributed by atoms with Crippen LogP contribution in [0.1, 0.15) is 21.7 Å². The van der Waals surface area contributed by atoms with E-state index >= 15 is 0 Å². The molecule has 3 rings (SSSR count). The molecule has 3 aromatic rings. The minimum atomic E-state index is -0.471. The van der Waals surface area contributed by atoms with Gasteiger partial charge in [0.1, 0.15) is 6.54 Å². The van der Waals surface area contributed by atoms with E-state index in [1.165, 1.54) is 4.68 Å². The molecule has 0 radical (unpaired) electrons. The van der Waals surface area contributed by atoms with Crippen LogP contribution in [0.15, 0.2) is 42.5 Å². The highest BCUT2D eigenvalue weighted by Gasteiger charge is 2.18. The first kappa shape index (κ1) is 19.9. The Morgan fingerprint density at radius 1 is 1.00 bits per heavy atom. The Morgan fingerprint density at radius 3 is 2.39 bits per heavy atom. The zero-order chi connectivity index (χ0) is 20.3. The van der Waals surface area contributed by atoms with Crippen molar-refractivity contribution in [2.75, 3.05) is 10.6 Å². The Kier molecular flexibility index (Phi) is 5.96. The number of halogens is 2. The summed E-state index contributed by atoms with van der Waals surface area (Å²) in [6.45, 7) is 3.54. The minimum Gasteiger partial charge on any atom is -0.324 e. The summed E-state index contributed by atoms with van der Waals surface area (Å²) in [5, 5.41) is 14.1. The number of hydrogen-bond acceptors (Lipinski definition) is 4. The number of aryl methyl sites for hydroxylation is 1. The molecule has 1 heterocycles. The number of nitrogens with zero attached hydrogens (tertiary/aromatic N) is 3. The summed E-state index contributed by atoms with van der Waals surface area (Å²) in [6.07, 6.45) is 0. The van der Waals surface area contributed by atoms with Crippen molar-refractivity contribution < 1.29 is 9.59 Å². The van der Waals surface area contributed by atoms with Crippen LogP contribution in [0.2, 0.25) is 10.0 Å². The summed E-state index contributed by atoms with van der Waals surface area (Å²) in [6, 6.07) is 12.2. The highest BCUT2D eigenvalue weighted by Crippen LogP contribution is 2.23. The Morgan fingerprint density at radius 2 is 1.71 bits per heavy atom. The SMILES string of the molecule is Cc1cccc(NC(=O)Cn2nnc(C(=O)Nc3cc(Cl)cc(Cl)c3)c2C)c1. The van der Waals surface area contributed by atoms with Crippen LogP contribution in [0.3, 0.4) is 0 Å². The van der Waals surface area contributed by atoms with Gasteiger partial charge in [0.25, 0.3) is 5.91 Å². The monoisotopic (exact) mass is 417 g/mol. The minimum absolute atomic E-state index is 0.0664. The highest BCUT2D eigenvalue weighted by molar-refractivity contribution is 6.35. The lowest BCUT2D eigenvalue weighted by Crippen LogP contribution is -2.21. The van der Waals surface area contributed by atoms with E-state index in [9.17, 15) is 9.59 Å². The molecule has 28 heavy (non-hydrogen) atoms. The number of aromatic nitrogens is 3. The quantitative estimate of drug-likeness (QED) is 0.653. The number of carbonyl (C=O) groups is 2. The maximum atomic E-state index is 12.5. The predicted octanol–water partition coefficient (Wildman–Crippen LogP) is 4.09. The first-order valence-electron chi connectivity index (χ1n) is 8.36. The number of carbonyl (C=O) groups excluding carboxylic acids is 2. The van der Waals surface area contributed by atoms with Gasteiger partial charge < -0.3 is 10.6 Å². The Labute approximate surface area is 171 Å². The average Bonchev–Trinajstić information content (AvgIpc) is 2.94. The molecule has 2 N–H and O–H groups in total. The number of nitrogens with one attached hydrogen (secondary N) is 2. The smallest absolute Gasteiger partial charge is 0.278 e. The van der Waals surface area contributed by atoms with Crippen molar-refractivity contribution >= 4 is 46.4 Å². The molecule has 0 saturated carbocycles. The van der Waals surface area contributed by atoms with E-state index in [4.69, 9.17) is 23.2 Å². The van der Waals surface area contributed by atoms with E-state index in [2.05, 4.69) is 20.9 Å². The molecule has 0 aliphatic rings. The fraction of sp³-hybridized carbons (Fsp3) is 0.158. The molecule has 1 aromatic heterocycles. The van der Waals surface area contributed by atoms with Gasteiger partial charge in [-0.25, -0.2) is 4.68 Å². The van der Waals surface area contributed by atoms with Gasteiger partial charge in [-0.2, -0.15) is 0 Å². The van der Waals surface area contributed by atoms with Crippen molar-refractivity contribution in [1.82, 2.24) is 15.0 Å². The Balaban J connectivity index is 1.69. The number of hydrogen-bond donors (Lipinski definition) is 2. The van der Waals surface area contributed by atoms with Crippen LogP contribution in [0, 0.1) is 13.8 Å². The Bertz CT molecular complexity index is 1030. The molecule has 0 bridgehead atoms. The van der Waals surface area contributed by atoms with Gasteiger partial charge in [-0.15, -0.1) is 5.10 Å². The molecule has 0 spiro atoms. The molecule has 0 unspecified atom stereocenters. The zero-order valence-corrected chi connectivity index (χ0v) is 16.7. The number of anilines is 2. The highest BCUT2D eigenvalue weighted by atomic mass is 35.5. The van der Waals surface area contributed by atoms with Crippen molar-refractivity contribution in [1.29, 1.82) is 0 Å². The zero-order valence-electron chi connectivity index (χ0n) is 15.2. The van der Waals surface area contributed by atoms with Gasteiger partial charge in [0.2, 0.25) is 5.91 Å². The molecule has 0 fully saturated rings. The predicted molar refractivity (Wildman–Crippen MR) is 109 cm³/mol. The van der Waals surface area contributed by atoms with Crippen molar-refractivity contribution in [3.63, 3.8) is 0 Å². The van der Waals surface area contributed by atoms with Crippen molar-refractivity contribution in [3.05, 3.63) is 69.5 Å². The number of benzene rings is 2. The van der Waals surface area contributed by atoms with Crippen LogP contribution in [0.5, 0.6) is 0 Å². The second-order valence-electron chi connectivity index (χ2n) is 6.21. The molecule has 9 heteroatoms. The molecule has 0 saturated heterocycles. The van der Waals surface area contributed by atoms with Crippen LogP contribution in [-0.2, 0) is 11.3 Å². The molecule has 0 aliphatic carbocycles. The van der Waals surface area contributed by atoms with E-state index < -0.39 is 5.91 Å². The molecule has 7 nitrogen and oxygen atoms in total. The third kappa shape index (κ3) is 4.88. The molecule has 2 aromatic carbocycles. The van der Waals surface area contributed by atoms with Crippen molar-refractivity contribution in [2.24, 2.45) is 0 Å². The van der Waals surface area contributed by atoms with Gasteiger partial charge in [-0.3, -0.25) is 9.59 Å².